The summed E-state index contributed by atoms with van der Waals surface area (Å²) in [6.45, 7) is 5.79. The number of carbonyl (C=O) groups is 2. The molecule has 1 atom stereocenters. The molecule has 6 nitrogen and oxygen atoms in total. The van der Waals surface area contributed by atoms with E-state index >= 15 is 0 Å². The first-order valence-electron chi connectivity index (χ1n) is 10.2. The van der Waals surface area contributed by atoms with Crippen LogP contribution in [0.3, 0.4) is 0 Å². The van der Waals surface area contributed by atoms with Crippen LogP contribution in [-0.2, 0) is 16.1 Å². The van der Waals surface area contributed by atoms with E-state index in [0.717, 1.165) is 28.0 Å². The van der Waals surface area contributed by atoms with Gasteiger partial charge in [0.25, 0.3) is 0 Å². The second-order valence-corrected chi connectivity index (χ2v) is 7.52. The number of nitrogens with zero attached hydrogens (tertiary/aromatic N) is 1. The molecule has 0 fully saturated rings. The van der Waals surface area contributed by atoms with Crippen LogP contribution in [0.25, 0.3) is 0 Å². The van der Waals surface area contributed by atoms with Crippen LogP contribution in [0.2, 0.25) is 0 Å². The van der Waals surface area contributed by atoms with E-state index in [1.165, 1.54) is 6.92 Å². The summed E-state index contributed by atoms with van der Waals surface area (Å²) < 4.78 is 5.87. The lowest BCUT2D eigenvalue weighted by Crippen LogP contribution is -2.32. The summed E-state index contributed by atoms with van der Waals surface area (Å²) in [7, 11) is 0. The lowest BCUT2D eigenvalue weighted by atomic mass is 10.0. The lowest BCUT2D eigenvalue weighted by molar-refractivity contribution is -0.122. The highest BCUT2D eigenvalue weighted by Crippen LogP contribution is 2.24. The molecule has 0 bridgehead atoms. The number of nitrogens with one attached hydrogen (secondary N) is 2. The molecule has 2 aromatic carbocycles. The van der Waals surface area contributed by atoms with Crippen LogP contribution in [0.1, 0.15) is 41.6 Å². The van der Waals surface area contributed by atoms with Gasteiger partial charge in [0.1, 0.15) is 5.75 Å². The molecule has 0 radical (unpaired) electrons. The third-order valence-corrected chi connectivity index (χ3v) is 4.81. The summed E-state index contributed by atoms with van der Waals surface area (Å²) in [6.07, 6.45) is 1.84. The number of hydrogen-bond donors (Lipinski definition) is 2. The van der Waals surface area contributed by atoms with Crippen molar-refractivity contribution in [1.29, 1.82) is 0 Å². The lowest BCUT2D eigenvalue weighted by Gasteiger charge is -2.18. The Hall–Kier alpha value is -3.67. The predicted molar refractivity (Wildman–Crippen MR) is 120 cm³/mol. The molecule has 0 saturated carbocycles. The Kier molecular flexibility index (Phi) is 7.38. The van der Waals surface area contributed by atoms with Crippen LogP contribution in [0.5, 0.6) is 11.6 Å². The zero-order chi connectivity index (χ0) is 22.2. The first-order chi connectivity index (χ1) is 14.9. The van der Waals surface area contributed by atoms with Crippen LogP contribution in [0.15, 0.2) is 66.9 Å². The second kappa shape index (κ2) is 10.4. The van der Waals surface area contributed by atoms with Crippen LogP contribution >= 0.6 is 0 Å². The van der Waals surface area contributed by atoms with Gasteiger partial charge in [0.2, 0.25) is 17.7 Å². The first-order valence-corrected chi connectivity index (χ1v) is 10.2. The molecule has 0 aliphatic carbocycles. The fraction of sp³-hybridized carbons (Fsp3) is 0.240. The number of benzene rings is 2. The molecule has 1 aromatic heterocycles. The topological polar surface area (TPSA) is 80.3 Å². The zero-order valence-corrected chi connectivity index (χ0v) is 18.0. The maximum atomic E-state index is 12.5. The minimum atomic E-state index is -0.370. The van der Waals surface area contributed by atoms with Crippen molar-refractivity contribution < 1.29 is 14.3 Å². The van der Waals surface area contributed by atoms with E-state index in [-0.39, 0.29) is 24.3 Å². The van der Waals surface area contributed by atoms with Crippen molar-refractivity contribution in [2.45, 2.75) is 39.8 Å². The van der Waals surface area contributed by atoms with Gasteiger partial charge in [0.15, 0.2) is 0 Å². The molecule has 31 heavy (non-hydrogen) atoms. The molecule has 3 aromatic rings. The van der Waals surface area contributed by atoms with Gasteiger partial charge >= 0.3 is 0 Å². The molecule has 0 aliphatic heterocycles. The number of carbonyl (C=O) groups excluding carboxylic acids is 2. The molecule has 0 spiro atoms. The average Bonchev–Trinajstić information content (AvgIpc) is 2.76. The molecule has 1 heterocycles. The van der Waals surface area contributed by atoms with E-state index in [1.807, 2.05) is 68.4 Å². The van der Waals surface area contributed by atoms with Crippen molar-refractivity contribution >= 4 is 11.8 Å². The van der Waals surface area contributed by atoms with E-state index in [4.69, 9.17) is 4.74 Å². The van der Waals surface area contributed by atoms with Gasteiger partial charge in [-0.15, -0.1) is 0 Å². The third kappa shape index (κ3) is 6.67. The number of aromatic nitrogens is 1. The summed E-state index contributed by atoms with van der Waals surface area (Å²) in [5.41, 5.74) is 3.91. The number of ether oxygens (including phenoxy) is 1. The molecular weight excluding hydrogens is 390 g/mol. The molecule has 160 valence electrons. The Morgan fingerprint density at radius 2 is 1.81 bits per heavy atom. The van der Waals surface area contributed by atoms with Crippen molar-refractivity contribution in [2.24, 2.45) is 0 Å². The summed E-state index contributed by atoms with van der Waals surface area (Å²) >= 11 is 0. The molecule has 2 amide bonds. The summed E-state index contributed by atoms with van der Waals surface area (Å²) in [6, 6.07) is 18.8. The molecular formula is C25H27N3O3. The maximum Gasteiger partial charge on any atom is 0.222 e. The monoisotopic (exact) mass is 417 g/mol. The summed E-state index contributed by atoms with van der Waals surface area (Å²) in [5, 5.41) is 5.72. The maximum absolute atomic E-state index is 12.5. The highest BCUT2D eigenvalue weighted by atomic mass is 16.5. The second-order valence-electron chi connectivity index (χ2n) is 7.52. The minimum Gasteiger partial charge on any atom is -0.439 e. The van der Waals surface area contributed by atoms with E-state index in [1.54, 1.807) is 12.3 Å². The van der Waals surface area contributed by atoms with Gasteiger partial charge in [-0.3, -0.25) is 9.59 Å². The predicted octanol–water partition coefficient (Wildman–Crippen LogP) is 4.37. The van der Waals surface area contributed by atoms with Crippen molar-refractivity contribution in [1.82, 2.24) is 15.6 Å². The van der Waals surface area contributed by atoms with Crippen LogP contribution in [0, 0.1) is 13.8 Å². The average molecular weight is 418 g/mol. The van der Waals surface area contributed by atoms with Crippen molar-refractivity contribution in [3.63, 3.8) is 0 Å². The fourth-order valence-electron chi connectivity index (χ4n) is 3.15. The Morgan fingerprint density at radius 1 is 1.03 bits per heavy atom. The summed E-state index contributed by atoms with van der Waals surface area (Å²) in [4.78, 5) is 28.3. The molecule has 6 heteroatoms. The number of hydrogen-bond acceptors (Lipinski definition) is 4. The van der Waals surface area contributed by atoms with Gasteiger partial charge in [0.05, 0.1) is 12.5 Å². The van der Waals surface area contributed by atoms with Gasteiger partial charge in [-0.05, 0) is 42.2 Å². The summed E-state index contributed by atoms with van der Waals surface area (Å²) in [5.74, 6) is 0.945. The van der Waals surface area contributed by atoms with E-state index in [9.17, 15) is 9.59 Å². The molecule has 0 saturated heterocycles. The van der Waals surface area contributed by atoms with E-state index < -0.39 is 0 Å². The third-order valence-electron chi connectivity index (χ3n) is 4.81. The molecule has 2 N–H and O–H groups in total. The minimum absolute atomic E-state index is 0.154. The highest BCUT2D eigenvalue weighted by molar-refractivity contribution is 5.79. The normalized spacial score (nSPS) is 11.5. The van der Waals surface area contributed by atoms with Crippen LogP contribution in [-0.4, -0.2) is 16.8 Å². The molecule has 0 aliphatic rings. The Labute approximate surface area is 182 Å². The van der Waals surface area contributed by atoms with Gasteiger partial charge < -0.3 is 15.4 Å². The van der Waals surface area contributed by atoms with Crippen LogP contribution in [0.4, 0.5) is 0 Å². The van der Waals surface area contributed by atoms with E-state index in [0.29, 0.717) is 12.4 Å². The number of aryl methyl sites for hydroxylation is 2. The van der Waals surface area contributed by atoms with Crippen molar-refractivity contribution in [3.8, 4) is 11.6 Å². The number of rotatable bonds is 8. The smallest absolute Gasteiger partial charge is 0.222 e. The van der Waals surface area contributed by atoms with Gasteiger partial charge in [0, 0.05) is 25.7 Å². The van der Waals surface area contributed by atoms with Crippen molar-refractivity contribution in [2.75, 3.05) is 0 Å². The Balaban J connectivity index is 1.56. The van der Waals surface area contributed by atoms with E-state index in [2.05, 4.69) is 15.6 Å². The van der Waals surface area contributed by atoms with Crippen molar-refractivity contribution in [3.05, 3.63) is 89.1 Å². The molecule has 1 unspecified atom stereocenters. The zero-order valence-electron chi connectivity index (χ0n) is 18.0. The highest BCUT2D eigenvalue weighted by Gasteiger charge is 2.16. The standard InChI is InChI=1S/C25H27N3O3/c1-17-9-10-18(2)23(13-17)31-25-12-11-20(16-27-25)15-26-24(30)14-22(28-19(3)29)21-7-5-4-6-8-21/h4-13,16,22H,14-15H2,1-3H3,(H,26,30)(H,28,29). The fourth-order valence-corrected chi connectivity index (χ4v) is 3.15. The first kappa shape index (κ1) is 22.0. The number of pyridine rings is 1. The van der Waals surface area contributed by atoms with Gasteiger partial charge in [-0.1, -0.05) is 48.5 Å². The Morgan fingerprint density at radius 3 is 2.48 bits per heavy atom. The number of amides is 2. The largest absolute Gasteiger partial charge is 0.439 e. The van der Waals surface area contributed by atoms with Crippen LogP contribution < -0.4 is 15.4 Å². The van der Waals surface area contributed by atoms with Gasteiger partial charge in [-0.25, -0.2) is 4.98 Å². The SMILES string of the molecule is CC(=O)NC(CC(=O)NCc1ccc(Oc2cc(C)ccc2C)nc1)c1ccccc1. The quantitative estimate of drug-likeness (QED) is 0.570. The van der Waals surface area contributed by atoms with Gasteiger partial charge in [-0.2, -0.15) is 0 Å². The Bertz CT molecular complexity index is 1030. The molecule has 3 rings (SSSR count).